The molecule has 0 saturated heterocycles. The molecule has 9 heteroatoms. The fourth-order valence-corrected chi connectivity index (χ4v) is 1.71. The highest BCUT2D eigenvalue weighted by molar-refractivity contribution is 5.95. The molecular formula is C14H20N4O5. The minimum absolute atomic E-state index is 0.220. The number of amides is 3. The maximum absolute atomic E-state index is 11.8. The Morgan fingerprint density at radius 3 is 1.91 bits per heavy atom. The average Bonchev–Trinajstić information content (AvgIpc) is 2.57. The number of carbonyl (C=O) groups is 3. The molecule has 0 saturated carbocycles. The second kappa shape index (κ2) is 9.51. The van der Waals surface area contributed by atoms with Crippen LogP contribution in [-0.2, 0) is 27.6 Å². The SMILES string of the molecule is NCC(=O)NCC(=O)NCC(=O)Nc1cc(CO)cc(CO)c1. The van der Waals surface area contributed by atoms with Crippen LogP contribution in [0.3, 0.4) is 0 Å². The lowest BCUT2D eigenvalue weighted by atomic mass is 10.1. The van der Waals surface area contributed by atoms with E-state index in [0.717, 1.165) is 0 Å². The van der Waals surface area contributed by atoms with Crippen molar-refractivity contribution in [2.24, 2.45) is 5.73 Å². The van der Waals surface area contributed by atoms with Crippen molar-refractivity contribution in [2.75, 3.05) is 25.0 Å². The van der Waals surface area contributed by atoms with Crippen molar-refractivity contribution in [3.05, 3.63) is 29.3 Å². The minimum Gasteiger partial charge on any atom is -0.392 e. The lowest BCUT2D eigenvalue weighted by Crippen LogP contribution is -2.41. The molecule has 7 N–H and O–H groups in total. The molecule has 0 aliphatic heterocycles. The summed E-state index contributed by atoms with van der Waals surface area (Å²) in [4.78, 5) is 34.0. The van der Waals surface area contributed by atoms with Crippen LogP contribution >= 0.6 is 0 Å². The molecule has 1 rings (SSSR count). The van der Waals surface area contributed by atoms with E-state index in [-0.39, 0.29) is 32.8 Å². The van der Waals surface area contributed by atoms with E-state index in [9.17, 15) is 14.4 Å². The van der Waals surface area contributed by atoms with Crippen LogP contribution in [0.2, 0.25) is 0 Å². The first-order valence-electron chi connectivity index (χ1n) is 6.86. The summed E-state index contributed by atoms with van der Waals surface area (Å²) in [6, 6.07) is 4.72. The summed E-state index contributed by atoms with van der Waals surface area (Å²) in [6.45, 7) is -1.22. The predicted molar refractivity (Wildman–Crippen MR) is 82.0 cm³/mol. The van der Waals surface area contributed by atoms with Gasteiger partial charge in [-0.1, -0.05) is 6.07 Å². The number of nitrogens with two attached hydrogens (primary N) is 1. The van der Waals surface area contributed by atoms with E-state index in [1.807, 2.05) is 0 Å². The van der Waals surface area contributed by atoms with Crippen molar-refractivity contribution in [2.45, 2.75) is 13.2 Å². The van der Waals surface area contributed by atoms with Crippen molar-refractivity contribution in [1.29, 1.82) is 0 Å². The van der Waals surface area contributed by atoms with Gasteiger partial charge in [-0.2, -0.15) is 0 Å². The van der Waals surface area contributed by atoms with Gasteiger partial charge in [-0.05, 0) is 23.3 Å². The van der Waals surface area contributed by atoms with Crippen LogP contribution < -0.4 is 21.7 Å². The number of rotatable bonds is 8. The Morgan fingerprint density at radius 1 is 0.870 bits per heavy atom. The summed E-state index contributed by atoms with van der Waals surface area (Å²) in [5.41, 5.74) is 6.55. The van der Waals surface area contributed by atoms with E-state index in [2.05, 4.69) is 16.0 Å². The van der Waals surface area contributed by atoms with Crippen LogP contribution in [0.15, 0.2) is 18.2 Å². The second-order valence-corrected chi connectivity index (χ2v) is 4.66. The molecule has 0 bridgehead atoms. The molecule has 0 aliphatic rings. The highest BCUT2D eigenvalue weighted by Crippen LogP contribution is 2.15. The van der Waals surface area contributed by atoms with E-state index >= 15 is 0 Å². The molecule has 0 aromatic heterocycles. The number of aliphatic hydroxyl groups is 2. The van der Waals surface area contributed by atoms with Gasteiger partial charge in [-0.3, -0.25) is 14.4 Å². The van der Waals surface area contributed by atoms with Crippen LogP contribution in [0, 0.1) is 0 Å². The smallest absolute Gasteiger partial charge is 0.243 e. The topological polar surface area (TPSA) is 154 Å². The number of aliphatic hydroxyl groups excluding tert-OH is 2. The molecular weight excluding hydrogens is 304 g/mol. The van der Waals surface area contributed by atoms with Crippen molar-refractivity contribution in [1.82, 2.24) is 10.6 Å². The van der Waals surface area contributed by atoms with E-state index < -0.39 is 17.7 Å². The predicted octanol–water partition coefficient (Wildman–Crippen LogP) is -2.20. The highest BCUT2D eigenvalue weighted by atomic mass is 16.3. The summed E-state index contributed by atoms with van der Waals surface area (Å²) < 4.78 is 0. The first kappa shape index (κ1) is 18.6. The molecule has 9 nitrogen and oxygen atoms in total. The molecule has 3 amide bonds. The standard InChI is InChI=1S/C14H20N4O5/c15-4-12(21)16-5-13(22)17-6-14(23)18-11-2-9(7-19)1-10(3-11)8-20/h1-3,19-20H,4-8,15H2,(H,16,21)(H,17,22)(H,18,23). The maximum Gasteiger partial charge on any atom is 0.243 e. The van der Waals surface area contributed by atoms with Crippen LogP contribution in [0.25, 0.3) is 0 Å². The molecule has 0 spiro atoms. The monoisotopic (exact) mass is 324 g/mol. The molecule has 0 aliphatic carbocycles. The number of carbonyl (C=O) groups excluding carboxylic acids is 3. The van der Waals surface area contributed by atoms with Gasteiger partial charge in [-0.15, -0.1) is 0 Å². The van der Waals surface area contributed by atoms with Gasteiger partial charge >= 0.3 is 0 Å². The van der Waals surface area contributed by atoms with Gasteiger partial charge in [0.15, 0.2) is 0 Å². The van der Waals surface area contributed by atoms with Gasteiger partial charge in [0.2, 0.25) is 17.7 Å². The number of benzene rings is 1. The lowest BCUT2D eigenvalue weighted by molar-refractivity contribution is -0.126. The Labute approximate surface area is 132 Å². The van der Waals surface area contributed by atoms with Crippen molar-refractivity contribution in [3.8, 4) is 0 Å². The van der Waals surface area contributed by atoms with Gasteiger partial charge < -0.3 is 31.9 Å². The lowest BCUT2D eigenvalue weighted by Gasteiger charge is -2.10. The molecule has 23 heavy (non-hydrogen) atoms. The van der Waals surface area contributed by atoms with Crippen LogP contribution in [0.4, 0.5) is 5.69 Å². The average molecular weight is 324 g/mol. The van der Waals surface area contributed by atoms with Gasteiger partial charge in [0, 0.05) is 5.69 Å². The molecule has 0 heterocycles. The third-order valence-corrected chi connectivity index (χ3v) is 2.78. The fraction of sp³-hybridized carbons (Fsp3) is 0.357. The summed E-state index contributed by atoms with van der Waals surface area (Å²) in [6.07, 6.45) is 0. The number of hydrogen-bond acceptors (Lipinski definition) is 6. The third-order valence-electron chi connectivity index (χ3n) is 2.78. The molecule has 0 radical (unpaired) electrons. The van der Waals surface area contributed by atoms with E-state index in [1.165, 1.54) is 0 Å². The summed E-state index contributed by atoms with van der Waals surface area (Å²) in [7, 11) is 0. The van der Waals surface area contributed by atoms with Gasteiger partial charge in [0.25, 0.3) is 0 Å². The van der Waals surface area contributed by atoms with Crippen LogP contribution in [0.5, 0.6) is 0 Å². The van der Waals surface area contributed by atoms with E-state index in [1.54, 1.807) is 18.2 Å². The molecule has 0 atom stereocenters. The number of hydrogen-bond donors (Lipinski definition) is 6. The molecule has 126 valence electrons. The van der Waals surface area contributed by atoms with Crippen LogP contribution in [0.1, 0.15) is 11.1 Å². The fourth-order valence-electron chi connectivity index (χ4n) is 1.71. The summed E-state index contributed by atoms with van der Waals surface area (Å²) in [5.74, 6) is -1.48. The molecule has 0 fully saturated rings. The van der Waals surface area contributed by atoms with Crippen molar-refractivity contribution >= 4 is 23.4 Å². The van der Waals surface area contributed by atoms with Crippen LogP contribution in [-0.4, -0.2) is 47.6 Å². The zero-order valence-corrected chi connectivity index (χ0v) is 12.5. The summed E-state index contributed by atoms with van der Waals surface area (Å²) >= 11 is 0. The van der Waals surface area contributed by atoms with Gasteiger partial charge in [-0.25, -0.2) is 0 Å². The van der Waals surface area contributed by atoms with Gasteiger partial charge in [0.1, 0.15) is 0 Å². The van der Waals surface area contributed by atoms with Crippen molar-refractivity contribution in [3.63, 3.8) is 0 Å². The first-order valence-corrected chi connectivity index (χ1v) is 6.86. The Morgan fingerprint density at radius 2 is 1.39 bits per heavy atom. The molecule has 1 aromatic rings. The first-order chi connectivity index (χ1) is 11.0. The minimum atomic E-state index is -0.526. The number of nitrogens with one attached hydrogen (secondary N) is 3. The summed E-state index contributed by atoms with van der Waals surface area (Å²) in [5, 5.41) is 25.4. The van der Waals surface area contributed by atoms with Crippen molar-refractivity contribution < 1.29 is 24.6 Å². The number of anilines is 1. The Kier molecular flexibility index (Phi) is 7.67. The normalized spacial score (nSPS) is 10.0. The molecule has 1 aromatic carbocycles. The molecule has 0 unspecified atom stereocenters. The zero-order valence-electron chi connectivity index (χ0n) is 12.5. The second-order valence-electron chi connectivity index (χ2n) is 4.66. The largest absolute Gasteiger partial charge is 0.392 e. The maximum atomic E-state index is 11.8. The third kappa shape index (κ3) is 6.87. The van der Waals surface area contributed by atoms with E-state index in [0.29, 0.717) is 16.8 Å². The highest BCUT2D eigenvalue weighted by Gasteiger charge is 2.08. The van der Waals surface area contributed by atoms with E-state index in [4.69, 9.17) is 15.9 Å². The Balaban J connectivity index is 2.47. The Bertz CT molecular complexity index is 554. The van der Waals surface area contributed by atoms with Gasteiger partial charge in [0.05, 0.1) is 32.8 Å². The zero-order chi connectivity index (χ0) is 17.2. The Hall–Kier alpha value is -2.49. The quantitative estimate of drug-likeness (QED) is 0.319.